The summed E-state index contributed by atoms with van der Waals surface area (Å²) in [5.41, 5.74) is 0. The molecule has 0 N–H and O–H groups in total. The van der Waals surface area contributed by atoms with Crippen LogP contribution in [-0.2, 0) is 4.79 Å². The number of hydrogen-bond donors (Lipinski definition) is 0. The molecule has 0 aliphatic carbocycles. The van der Waals surface area contributed by atoms with Crippen LogP contribution >= 0.6 is 0 Å². The van der Waals surface area contributed by atoms with Crippen molar-refractivity contribution < 1.29 is 9.21 Å². The van der Waals surface area contributed by atoms with Crippen LogP contribution in [0.4, 0.5) is 5.82 Å². The van der Waals surface area contributed by atoms with Gasteiger partial charge >= 0.3 is 0 Å². The van der Waals surface area contributed by atoms with Gasteiger partial charge in [-0.05, 0) is 24.3 Å². The monoisotopic (exact) mass is 350 g/mol. The van der Waals surface area contributed by atoms with Gasteiger partial charge in [0.1, 0.15) is 17.9 Å². The van der Waals surface area contributed by atoms with E-state index in [2.05, 4.69) is 20.0 Å². The van der Waals surface area contributed by atoms with E-state index in [1.54, 1.807) is 35.4 Å². The second-order valence-electron chi connectivity index (χ2n) is 5.85. The van der Waals surface area contributed by atoms with Crippen LogP contribution in [0.25, 0.3) is 11.9 Å². The van der Waals surface area contributed by atoms with Gasteiger partial charge in [-0.1, -0.05) is 0 Å². The van der Waals surface area contributed by atoms with E-state index in [9.17, 15) is 4.79 Å². The Bertz CT molecular complexity index is 880. The first kappa shape index (κ1) is 16.1. The molecule has 3 aromatic heterocycles. The molecule has 26 heavy (non-hydrogen) atoms. The van der Waals surface area contributed by atoms with E-state index in [1.165, 1.54) is 6.33 Å². The topological polar surface area (TPSA) is 80.3 Å². The molecule has 0 radical (unpaired) electrons. The van der Waals surface area contributed by atoms with Crippen molar-refractivity contribution >= 4 is 17.8 Å². The zero-order valence-electron chi connectivity index (χ0n) is 14.1. The molecule has 0 atom stereocenters. The fourth-order valence-electron chi connectivity index (χ4n) is 2.84. The Morgan fingerprint density at radius 3 is 2.69 bits per heavy atom. The molecule has 0 unspecified atom stereocenters. The van der Waals surface area contributed by atoms with Gasteiger partial charge < -0.3 is 14.2 Å². The van der Waals surface area contributed by atoms with E-state index in [0.29, 0.717) is 18.8 Å². The third kappa shape index (κ3) is 3.49. The first-order valence-electron chi connectivity index (χ1n) is 8.37. The highest BCUT2D eigenvalue weighted by Crippen LogP contribution is 2.16. The molecular weight excluding hydrogens is 332 g/mol. The first-order valence-corrected chi connectivity index (χ1v) is 8.37. The summed E-state index contributed by atoms with van der Waals surface area (Å²) in [5.74, 6) is 2.22. The highest BCUT2D eigenvalue weighted by Gasteiger charge is 2.21. The zero-order valence-corrected chi connectivity index (χ0v) is 14.1. The third-order valence-electron chi connectivity index (χ3n) is 4.23. The van der Waals surface area contributed by atoms with E-state index in [1.807, 2.05) is 29.3 Å². The molecule has 132 valence electrons. The van der Waals surface area contributed by atoms with E-state index in [4.69, 9.17) is 4.42 Å². The van der Waals surface area contributed by atoms with Gasteiger partial charge in [-0.3, -0.25) is 4.79 Å². The second-order valence-corrected chi connectivity index (χ2v) is 5.85. The van der Waals surface area contributed by atoms with Crippen molar-refractivity contribution in [1.29, 1.82) is 0 Å². The summed E-state index contributed by atoms with van der Waals surface area (Å²) >= 11 is 0. The van der Waals surface area contributed by atoms with Crippen LogP contribution in [0.1, 0.15) is 5.76 Å². The van der Waals surface area contributed by atoms with Crippen molar-refractivity contribution in [3.05, 3.63) is 61.1 Å². The fourth-order valence-corrected chi connectivity index (χ4v) is 2.84. The van der Waals surface area contributed by atoms with Crippen molar-refractivity contribution in [3.63, 3.8) is 0 Å². The lowest BCUT2D eigenvalue weighted by molar-refractivity contribution is -0.126. The summed E-state index contributed by atoms with van der Waals surface area (Å²) < 4.78 is 6.90. The number of carbonyl (C=O) groups is 1. The van der Waals surface area contributed by atoms with Gasteiger partial charge in [0, 0.05) is 50.7 Å². The number of amides is 1. The van der Waals surface area contributed by atoms with Crippen LogP contribution in [0, 0.1) is 0 Å². The van der Waals surface area contributed by atoms with E-state index in [0.717, 1.165) is 24.7 Å². The number of carbonyl (C=O) groups excluding carboxylic acids is 1. The molecule has 0 spiro atoms. The minimum Gasteiger partial charge on any atom is -0.465 e. The predicted molar refractivity (Wildman–Crippen MR) is 95.7 cm³/mol. The fraction of sp³-hybridized carbons (Fsp3) is 0.222. The first-order chi connectivity index (χ1) is 12.8. The molecule has 1 aliphatic heterocycles. The Balaban J connectivity index is 1.38. The zero-order chi connectivity index (χ0) is 17.8. The maximum atomic E-state index is 12.3. The average Bonchev–Trinajstić information content (AvgIpc) is 3.40. The van der Waals surface area contributed by atoms with Gasteiger partial charge in [0.05, 0.1) is 6.26 Å². The van der Waals surface area contributed by atoms with Crippen molar-refractivity contribution in [2.24, 2.45) is 0 Å². The number of anilines is 1. The van der Waals surface area contributed by atoms with Crippen LogP contribution in [0.3, 0.4) is 0 Å². The molecule has 3 aromatic rings. The molecule has 8 nitrogen and oxygen atoms in total. The van der Waals surface area contributed by atoms with Gasteiger partial charge in [0.15, 0.2) is 5.82 Å². The molecular formula is C18H18N6O2. The van der Waals surface area contributed by atoms with Gasteiger partial charge in [0.25, 0.3) is 0 Å². The largest absolute Gasteiger partial charge is 0.465 e. The number of hydrogen-bond acceptors (Lipinski definition) is 6. The summed E-state index contributed by atoms with van der Waals surface area (Å²) in [4.78, 5) is 24.9. The molecule has 0 saturated carbocycles. The van der Waals surface area contributed by atoms with E-state index < -0.39 is 0 Å². The summed E-state index contributed by atoms with van der Waals surface area (Å²) in [7, 11) is 0. The SMILES string of the molecule is O=C(/C=C/c1ccco1)N1CCN(c2cc(-n3cccn3)ncn2)CC1. The Morgan fingerprint density at radius 1 is 1.12 bits per heavy atom. The lowest BCUT2D eigenvalue weighted by Gasteiger charge is -2.34. The molecule has 4 rings (SSSR count). The van der Waals surface area contributed by atoms with Crippen LogP contribution in [-0.4, -0.2) is 56.7 Å². The highest BCUT2D eigenvalue weighted by atomic mass is 16.3. The van der Waals surface area contributed by atoms with Crippen LogP contribution in [0.2, 0.25) is 0 Å². The summed E-state index contributed by atoms with van der Waals surface area (Å²) in [6.07, 6.45) is 9.92. The van der Waals surface area contributed by atoms with Gasteiger partial charge in [-0.25, -0.2) is 14.6 Å². The van der Waals surface area contributed by atoms with E-state index >= 15 is 0 Å². The normalized spacial score (nSPS) is 14.9. The molecule has 8 heteroatoms. The minimum absolute atomic E-state index is 0.0130. The minimum atomic E-state index is -0.0130. The predicted octanol–water partition coefficient (Wildman–Crippen LogP) is 1.62. The summed E-state index contributed by atoms with van der Waals surface area (Å²) in [5, 5.41) is 4.19. The van der Waals surface area contributed by atoms with Gasteiger partial charge in [-0.15, -0.1) is 0 Å². The quantitative estimate of drug-likeness (QED) is 0.665. The average molecular weight is 350 g/mol. The standard InChI is InChI=1S/C18H18N6O2/c25-18(5-4-15-3-1-12-26-15)23-10-8-22(9-11-23)16-13-17(20-14-19-16)24-7-2-6-21-24/h1-7,12-14H,8-11H2/b5-4+. The molecule has 1 aliphatic rings. The van der Waals surface area contributed by atoms with Crippen molar-refractivity contribution in [3.8, 4) is 5.82 Å². The smallest absolute Gasteiger partial charge is 0.246 e. The Kier molecular flexibility index (Phi) is 4.46. The molecule has 0 bridgehead atoms. The van der Waals surface area contributed by atoms with Crippen molar-refractivity contribution in [2.75, 3.05) is 31.1 Å². The summed E-state index contributed by atoms with van der Waals surface area (Å²) in [6.45, 7) is 2.72. The Morgan fingerprint density at radius 2 is 1.96 bits per heavy atom. The van der Waals surface area contributed by atoms with E-state index in [-0.39, 0.29) is 5.91 Å². The maximum Gasteiger partial charge on any atom is 0.246 e. The Hall–Kier alpha value is -3.42. The van der Waals surface area contributed by atoms with Crippen molar-refractivity contribution in [1.82, 2.24) is 24.6 Å². The van der Waals surface area contributed by atoms with Gasteiger partial charge in [0.2, 0.25) is 5.91 Å². The number of piperazine rings is 1. The second kappa shape index (κ2) is 7.22. The Labute approximate surface area is 150 Å². The molecule has 1 fully saturated rings. The maximum absolute atomic E-state index is 12.3. The third-order valence-corrected chi connectivity index (χ3v) is 4.23. The molecule has 1 amide bonds. The molecule has 1 saturated heterocycles. The lowest BCUT2D eigenvalue weighted by Crippen LogP contribution is -2.48. The number of furan rings is 1. The number of nitrogens with zero attached hydrogens (tertiary/aromatic N) is 6. The highest BCUT2D eigenvalue weighted by molar-refractivity contribution is 5.91. The van der Waals surface area contributed by atoms with Crippen LogP contribution < -0.4 is 4.90 Å². The van der Waals surface area contributed by atoms with Gasteiger partial charge in [-0.2, -0.15) is 5.10 Å². The molecule has 4 heterocycles. The number of rotatable bonds is 4. The van der Waals surface area contributed by atoms with Crippen molar-refractivity contribution in [2.45, 2.75) is 0 Å². The number of aromatic nitrogens is 4. The summed E-state index contributed by atoms with van der Waals surface area (Å²) in [6, 6.07) is 7.36. The van der Waals surface area contributed by atoms with Crippen LogP contribution in [0.15, 0.2) is 59.7 Å². The molecule has 0 aromatic carbocycles. The van der Waals surface area contributed by atoms with Crippen LogP contribution in [0.5, 0.6) is 0 Å². The lowest BCUT2D eigenvalue weighted by atomic mass is 10.3.